The molecule has 2 atom stereocenters. The number of piperidine rings is 1. The number of aliphatic hydroxyl groups excluding tert-OH is 1. The molecule has 0 spiro atoms. The average Bonchev–Trinajstić information content (AvgIpc) is 2.81. The Labute approximate surface area is 202 Å². The fourth-order valence-electron chi connectivity index (χ4n) is 3.36. The molecule has 3 rings (SSSR count). The predicted octanol–water partition coefficient (Wildman–Crippen LogP) is 4.46. The van der Waals surface area contributed by atoms with Gasteiger partial charge in [0.1, 0.15) is 36.3 Å². The molecule has 1 saturated heterocycles. The lowest BCUT2D eigenvalue weighted by Gasteiger charge is -2.27. The molecule has 1 aliphatic heterocycles. The van der Waals surface area contributed by atoms with Crippen LogP contribution in [-0.2, 0) is 4.74 Å². The summed E-state index contributed by atoms with van der Waals surface area (Å²) >= 11 is 0. The first-order valence-corrected chi connectivity index (χ1v) is 15.5. The van der Waals surface area contributed by atoms with Crippen molar-refractivity contribution in [2.75, 3.05) is 19.9 Å². The summed E-state index contributed by atoms with van der Waals surface area (Å²) in [5.74, 6) is 2.07. The van der Waals surface area contributed by atoms with Gasteiger partial charge in [-0.15, -0.1) is 0 Å². The maximum atomic E-state index is 9.52. The summed E-state index contributed by atoms with van der Waals surface area (Å²) in [5, 5.41) is 20.0. The van der Waals surface area contributed by atoms with Gasteiger partial charge in [0, 0.05) is 33.9 Å². The van der Waals surface area contributed by atoms with Gasteiger partial charge in [0.25, 0.3) is 0 Å². The molecule has 184 valence electrons. The quantitative estimate of drug-likeness (QED) is 0.233. The molecule has 1 fully saturated rings. The lowest BCUT2D eigenvalue weighted by molar-refractivity contribution is 0.0546. The van der Waals surface area contributed by atoms with Crippen molar-refractivity contribution in [1.29, 1.82) is 5.41 Å². The van der Waals surface area contributed by atoms with Crippen LogP contribution in [0, 0.1) is 5.41 Å². The topological polar surface area (TPSA) is 109 Å². The van der Waals surface area contributed by atoms with E-state index in [1.165, 1.54) is 6.21 Å². The highest BCUT2D eigenvalue weighted by atomic mass is 28.3. The van der Waals surface area contributed by atoms with Crippen molar-refractivity contribution < 1.29 is 19.3 Å². The van der Waals surface area contributed by atoms with E-state index in [0.29, 0.717) is 43.2 Å². The summed E-state index contributed by atoms with van der Waals surface area (Å²) in [5.41, 5.74) is 1.43. The van der Waals surface area contributed by atoms with E-state index >= 15 is 0 Å². The maximum Gasteiger partial charge on any atom is 0.145 e. The minimum atomic E-state index is -1.12. The Kier molecular flexibility index (Phi) is 9.76. The number of aliphatic hydroxyl groups is 1. The van der Waals surface area contributed by atoms with Crippen LogP contribution in [0.3, 0.4) is 0 Å². The zero-order valence-electron chi connectivity index (χ0n) is 20.3. The van der Waals surface area contributed by atoms with Gasteiger partial charge in [-0.05, 0) is 55.3 Å². The van der Waals surface area contributed by atoms with Crippen LogP contribution in [0.2, 0.25) is 25.7 Å². The minimum Gasteiger partial charge on any atom is -0.489 e. The van der Waals surface area contributed by atoms with Gasteiger partial charge in [0.15, 0.2) is 0 Å². The lowest BCUT2D eigenvalue weighted by Crippen LogP contribution is -2.43. The smallest absolute Gasteiger partial charge is 0.145 e. The molecule has 1 aliphatic rings. The van der Waals surface area contributed by atoms with Crippen LogP contribution in [-0.4, -0.2) is 62.3 Å². The first-order chi connectivity index (χ1) is 16.3. The number of rotatable bonds is 12. The van der Waals surface area contributed by atoms with E-state index in [1.54, 1.807) is 6.20 Å². The van der Waals surface area contributed by atoms with Crippen LogP contribution in [0.1, 0.15) is 25.0 Å². The third kappa shape index (κ3) is 8.98. The number of pyridine rings is 1. The Morgan fingerprint density at radius 1 is 1.15 bits per heavy atom. The van der Waals surface area contributed by atoms with Crippen LogP contribution in [0.5, 0.6) is 17.2 Å². The zero-order chi connectivity index (χ0) is 24.4. The zero-order valence-corrected chi connectivity index (χ0v) is 21.3. The maximum absolute atomic E-state index is 9.52. The highest BCUT2D eigenvalue weighted by Crippen LogP contribution is 2.25. The molecule has 0 bridgehead atoms. The first kappa shape index (κ1) is 26.0. The summed E-state index contributed by atoms with van der Waals surface area (Å²) < 4.78 is 17.5. The summed E-state index contributed by atoms with van der Waals surface area (Å²) in [4.78, 5) is 8.97. The van der Waals surface area contributed by atoms with Crippen LogP contribution >= 0.6 is 0 Å². The van der Waals surface area contributed by atoms with Crippen molar-refractivity contribution in [3.05, 3.63) is 48.3 Å². The number of aliphatic imine (C=N–C) groups is 1. The Hall–Kier alpha value is -2.59. The molecule has 2 aromatic rings. The Morgan fingerprint density at radius 3 is 2.50 bits per heavy atom. The van der Waals surface area contributed by atoms with Gasteiger partial charge >= 0.3 is 0 Å². The SMILES string of the molecule is C[Si](C)(C)CCOCN=C(CC=N)c1ccc(Oc2ccc(OC3CCC(O)NC3)cc2)cn1. The molecule has 34 heavy (non-hydrogen) atoms. The van der Waals surface area contributed by atoms with E-state index in [9.17, 15) is 5.11 Å². The molecule has 8 nitrogen and oxygen atoms in total. The standard InChI is InChI=1S/C25H36N4O4Si/c1-34(2,3)15-14-31-18-29-24(12-13-26)23-10-8-21(16-27-23)32-19-4-6-20(7-5-19)33-22-9-11-25(30)28-17-22/h4-8,10,13,16,22,25-26,28,30H,9,11-12,14-15,17-18H2,1-3H3. The molecule has 2 heterocycles. The molecular weight excluding hydrogens is 448 g/mol. The van der Waals surface area contributed by atoms with Gasteiger partial charge in [-0.2, -0.15) is 0 Å². The lowest BCUT2D eigenvalue weighted by atomic mass is 10.1. The second kappa shape index (κ2) is 12.8. The van der Waals surface area contributed by atoms with Crippen LogP contribution in [0.15, 0.2) is 47.6 Å². The molecule has 0 radical (unpaired) electrons. The van der Waals surface area contributed by atoms with Crippen molar-refractivity contribution >= 4 is 20.0 Å². The number of hydrogen-bond donors (Lipinski definition) is 3. The number of aromatic nitrogens is 1. The summed E-state index contributed by atoms with van der Waals surface area (Å²) in [6.45, 7) is 8.57. The van der Waals surface area contributed by atoms with Gasteiger partial charge in [-0.25, -0.2) is 0 Å². The molecule has 1 aromatic carbocycles. The first-order valence-electron chi connectivity index (χ1n) is 11.7. The fraction of sp³-hybridized carbons (Fsp3) is 0.480. The Balaban J connectivity index is 1.52. The number of nitrogens with one attached hydrogen (secondary N) is 2. The monoisotopic (exact) mass is 484 g/mol. The average molecular weight is 485 g/mol. The van der Waals surface area contributed by atoms with E-state index in [2.05, 4.69) is 34.9 Å². The van der Waals surface area contributed by atoms with Crippen LogP contribution in [0.25, 0.3) is 0 Å². The van der Waals surface area contributed by atoms with E-state index in [-0.39, 0.29) is 12.8 Å². The number of ether oxygens (including phenoxy) is 3. The third-order valence-corrected chi connectivity index (χ3v) is 7.08. The van der Waals surface area contributed by atoms with Crippen molar-refractivity contribution in [1.82, 2.24) is 10.3 Å². The van der Waals surface area contributed by atoms with E-state index < -0.39 is 14.3 Å². The van der Waals surface area contributed by atoms with Crippen LogP contribution in [0.4, 0.5) is 0 Å². The molecule has 0 saturated carbocycles. The fourth-order valence-corrected chi connectivity index (χ4v) is 4.11. The van der Waals surface area contributed by atoms with Gasteiger partial charge in [-0.1, -0.05) is 19.6 Å². The van der Waals surface area contributed by atoms with E-state index in [0.717, 1.165) is 23.9 Å². The second-order valence-electron chi connectivity index (χ2n) is 9.55. The molecule has 1 aromatic heterocycles. The van der Waals surface area contributed by atoms with Gasteiger partial charge < -0.3 is 24.7 Å². The number of hydrogen-bond acceptors (Lipinski definition) is 8. The minimum absolute atomic E-state index is 0.0504. The van der Waals surface area contributed by atoms with Crippen molar-refractivity contribution in [3.63, 3.8) is 0 Å². The second-order valence-corrected chi connectivity index (χ2v) is 15.2. The molecule has 0 amide bonds. The molecule has 2 unspecified atom stereocenters. The van der Waals surface area contributed by atoms with Gasteiger partial charge in [0.05, 0.1) is 17.6 Å². The Bertz CT molecular complexity index is 921. The highest BCUT2D eigenvalue weighted by Gasteiger charge is 2.19. The summed E-state index contributed by atoms with van der Waals surface area (Å²) in [6, 6.07) is 12.3. The molecule has 9 heteroatoms. The largest absolute Gasteiger partial charge is 0.489 e. The third-order valence-electron chi connectivity index (χ3n) is 5.38. The number of nitrogens with zero attached hydrogens (tertiary/aromatic N) is 2. The Morgan fingerprint density at radius 2 is 1.88 bits per heavy atom. The van der Waals surface area contributed by atoms with E-state index in [1.807, 2.05) is 36.4 Å². The van der Waals surface area contributed by atoms with Crippen molar-refractivity contribution in [3.8, 4) is 17.2 Å². The van der Waals surface area contributed by atoms with Crippen molar-refractivity contribution in [2.45, 2.75) is 57.3 Å². The molecule has 3 N–H and O–H groups in total. The number of benzene rings is 1. The van der Waals surface area contributed by atoms with Gasteiger partial charge in [0.2, 0.25) is 0 Å². The predicted molar refractivity (Wildman–Crippen MR) is 137 cm³/mol. The molecule has 0 aliphatic carbocycles. The summed E-state index contributed by atoms with van der Waals surface area (Å²) in [7, 11) is -1.12. The van der Waals surface area contributed by atoms with E-state index in [4.69, 9.17) is 19.6 Å². The summed E-state index contributed by atoms with van der Waals surface area (Å²) in [6.07, 6.45) is 4.50. The molecular formula is C25H36N4O4Si. The van der Waals surface area contributed by atoms with Crippen LogP contribution < -0.4 is 14.8 Å². The van der Waals surface area contributed by atoms with Gasteiger partial charge in [-0.3, -0.25) is 15.3 Å². The van der Waals surface area contributed by atoms with Crippen molar-refractivity contribution in [2.24, 2.45) is 4.99 Å². The highest BCUT2D eigenvalue weighted by molar-refractivity contribution is 6.76. The normalized spacial score (nSPS) is 19.0.